The molecule has 0 bridgehead atoms. The van der Waals surface area contributed by atoms with Gasteiger partial charge in [0.05, 0.1) is 33.8 Å². The minimum atomic E-state index is -4.47. The van der Waals surface area contributed by atoms with Gasteiger partial charge in [-0.3, -0.25) is 18.6 Å². The van der Waals surface area contributed by atoms with Gasteiger partial charge < -0.3 is 19.4 Å². The number of hydrogen-bond donors (Lipinski definition) is 2. The van der Waals surface area contributed by atoms with Gasteiger partial charge in [0.25, 0.3) is 0 Å². The summed E-state index contributed by atoms with van der Waals surface area (Å²) >= 11 is 0. The van der Waals surface area contributed by atoms with E-state index in [0.29, 0.717) is 23.9 Å². The number of phosphoric ester groups is 1. The molecule has 0 aliphatic carbocycles. The zero-order valence-electron chi connectivity index (χ0n) is 56.7. The second kappa shape index (κ2) is 64.9. The van der Waals surface area contributed by atoms with Crippen LogP contribution in [-0.4, -0.2) is 74.3 Å². The second-order valence-corrected chi connectivity index (χ2v) is 25.7. The molecule has 0 aromatic carbocycles. The van der Waals surface area contributed by atoms with E-state index in [1.807, 2.05) is 33.3 Å². The molecule has 0 radical (unpaired) electrons. The third kappa shape index (κ3) is 66.1. The summed E-state index contributed by atoms with van der Waals surface area (Å²) in [5, 5.41) is 3.06. The Hall–Kier alpha value is -4.11. The maximum atomic E-state index is 13.6. The molecule has 1 amide bonds. The Labute approximate surface area is 536 Å². The van der Waals surface area contributed by atoms with Crippen molar-refractivity contribution in [2.45, 2.75) is 290 Å². The molecule has 3 atom stereocenters. The van der Waals surface area contributed by atoms with Gasteiger partial charge in [-0.25, -0.2) is 4.57 Å². The third-order valence-corrected chi connectivity index (χ3v) is 15.8. The van der Waals surface area contributed by atoms with Gasteiger partial charge >= 0.3 is 13.8 Å². The van der Waals surface area contributed by atoms with Crippen LogP contribution in [0.3, 0.4) is 0 Å². The maximum absolute atomic E-state index is 13.6. The average molecular weight is 1230 g/mol. The molecule has 0 rings (SSSR count). The zero-order chi connectivity index (χ0) is 63.5. The molecule has 0 aliphatic heterocycles. The average Bonchev–Trinajstić information content (AvgIpc) is 3.70. The Bertz CT molecular complexity index is 2000. The van der Waals surface area contributed by atoms with E-state index in [9.17, 15) is 19.0 Å². The summed E-state index contributed by atoms with van der Waals surface area (Å²) in [6.45, 7) is 6.76. The molecule has 0 saturated carbocycles. The Morgan fingerprint density at radius 1 is 0.414 bits per heavy atom. The first-order valence-electron chi connectivity index (χ1n) is 35.2. The van der Waals surface area contributed by atoms with Crippen LogP contribution < -0.4 is 5.32 Å². The zero-order valence-corrected chi connectivity index (χ0v) is 57.6. The van der Waals surface area contributed by atoms with Crippen LogP contribution in [0, 0.1) is 0 Å². The van der Waals surface area contributed by atoms with E-state index in [-0.39, 0.29) is 31.5 Å². The maximum Gasteiger partial charge on any atom is 0.472 e. The lowest BCUT2D eigenvalue weighted by atomic mass is 10.0. The number of quaternary nitrogens is 1. The minimum absolute atomic E-state index is 0.0275. The summed E-state index contributed by atoms with van der Waals surface area (Å²) in [7, 11) is 1.46. The molecule has 0 saturated heterocycles. The minimum Gasteiger partial charge on any atom is -0.456 e. The number of rotatable bonds is 62. The van der Waals surface area contributed by atoms with Gasteiger partial charge in [0, 0.05) is 12.8 Å². The molecular weight excluding hydrogens is 1100 g/mol. The van der Waals surface area contributed by atoms with Crippen molar-refractivity contribution in [3.63, 3.8) is 0 Å². The number of ether oxygens (including phenoxy) is 1. The van der Waals surface area contributed by atoms with Gasteiger partial charge in [-0.1, -0.05) is 283 Å². The highest BCUT2D eigenvalue weighted by atomic mass is 31.2. The molecule has 0 aromatic rings. The van der Waals surface area contributed by atoms with Crippen molar-refractivity contribution in [2.24, 2.45) is 0 Å². The molecule has 0 aromatic heterocycles. The molecule has 0 fully saturated rings. The van der Waals surface area contributed by atoms with Crippen LogP contribution in [0.2, 0.25) is 0 Å². The first kappa shape index (κ1) is 82.9. The van der Waals surface area contributed by atoms with Gasteiger partial charge in [-0.05, 0) is 128 Å². The van der Waals surface area contributed by atoms with E-state index in [0.717, 1.165) is 148 Å². The highest BCUT2D eigenvalue weighted by molar-refractivity contribution is 7.47. The fraction of sp³-hybridized carbons (Fsp3) is 0.662. The van der Waals surface area contributed by atoms with Crippen molar-refractivity contribution in [3.05, 3.63) is 146 Å². The summed E-state index contributed by atoms with van der Waals surface area (Å²) in [4.78, 5) is 37.9. The van der Waals surface area contributed by atoms with Crippen molar-refractivity contribution in [3.8, 4) is 0 Å². The topological polar surface area (TPSA) is 111 Å². The monoisotopic (exact) mass is 1230 g/mol. The van der Waals surface area contributed by atoms with Crippen LogP contribution in [-0.2, 0) is 27.9 Å². The number of allylic oxidation sites excluding steroid dienone is 23. The molecule has 87 heavy (non-hydrogen) atoms. The lowest BCUT2D eigenvalue weighted by molar-refractivity contribution is -0.870. The molecule has 0 spiro atoms. The highest BCUT2D eigenvalue weighted by Gasteiger charge is 2.30. The van der Waals surface area contributed by atoms with Crippen LogP contribution >= 0.6 is 7.82 Å². The lowest BCUT2D eigenvalue weighted by Gasteiger charge is -2.27. The predicted molar refractivity (Wildman–Crippen MR) is 378 cm³/mol. The Kier molecular flexibility index (Phi) is 61.8. The number of esters is 1. The van der Waals surface area contributed by atoms with E-state index in [1.165, 1.54) is 89.9 Å². The van der Waals surface area contributed by atoms with Crippen molar-refractivity contribution in [1.82, 2.24) is 5.32 Å². The molecular formula is C77H132N2O7P+. The standard InChI is InChI=1S/C77H131N2O7P/c1-7-10-13-16-19-22-25-27-29-31-33-35-37-38-39-40-42-43-45-47-49-51-54-57-60-63-66-69-76(80)78-74(73-85-87(82,83)84-72-71-79(4,5)6)75(68-65-62-59-56-53-24-21-18-15-12-9-3)86-77(81)70-67-64-61-58-55-52-50-48-46-44-41-36-34-32-30-28-26-23-20-17-14-11-8-2/h10-11,13-14,19-20,22-23,27-30,33-36,38-39,44,46,50,52,65,68,74-75H,7-9,12,15-18,21,24-26,31-32,37,40-43,45,47-49,51,53-64,66-67,69-73H2,1-6H3,(H-,78,80,82,83)/p+1/b13-10-,14-11-,22-19-,23-20-,29-27-,30-28-,35-33-,36-34-,39-38-,46-44-,52-50-,68-65-. The molecule has 0 heterocycles. The smallest absolute Gasteiger partial charge is 0.456 e. The summed E-state index contributed by atoms with van der Waals surface area (Å²) in [6.07, 6.45) is 94.3. The summed E-state index contributed by atoms with van der Waals surface area (Å²) < 4.78 is 30.8. The van der Waals surface area contributed by atoms with E-state index in [2.05, 4.69) is 160 Å². The van der Waals surface area contributed by atoms with E-state index in [1.54, 1.807) is 0 Å². The molecule has 9 nitrogen and oxygen atoms in total. The molecule has 496 valence electrons. The van der Waals surface area contributed by atoms with Gasteiger partial charge in [0.1, 0.15) is 19.3 Å². The number of phosphoric acid groups is 1. The summed E-state index contributed by atoms with van der Waals surface area (Å²) in [6, 6.07) is -0.872. The Morgan fingerprint density at radius 3 is 1.10 bits per heavy atom. The molecule has 0 aliphatic rings. The van der Waals surface area contributed by atoms with E-state index in [4.69, 9.17) is 13.8 Å². The number of hydrogen-bond acceptors (Lipinski definition) is 6. The number of nitrogens with one attached hydrogen (secondary N) is 1. The van der Waals surface area contributed by atoms with Crippen molar-refractivity contribution < 1.29 is 37.3 Å². The van der Waals surface area contributed by atoms with Gasteiger partial charge in [0.15, 0.2) is 0 Å². The van der Waals surface area contributed by atoms with Crippen molar-refractivity contribution >= 4 is 19.7 Å². The fourth-order valence-corrected chi connectivity index (χ4v) is 10.2. The lowest BCUT2D eigenvalue weighted by Crippen LogP contribution is -2.47. The van der Waals surface area contributed by atoms with Gasteiger partial charge in [-0.15, -0.1) is 0 Å². The highest BCUT2D eigenvalue weighted by Crippen LogP contribution is 2.43. The van der Waals surface area contributed by atoms with Crippen molar-refractivity contribution in [1.29, 1.82) is 0 Å². The third-order valence-electron chi connectivity index (χ3n) is 14.8. The quantitative estimate of drug-likeness (QED) is 0.0205. The number of unbranched alkanes of at least 4 members (excludes halogenated alkanes) is 24. The Balaban J connectivity index is 5.10. The largest absolute Gasteiger partial charge is 0.472 e. The number of nitrogens with zero attached hydrogens (tertiary/aromatic N) is 1. The first-order valence-corrected chi connectivity index (χ1v) is 36.7. The SMILES string of the molecule is CC/C=C\C/C=C\C/C=C\C/C=C\C/C=C\C/C=C\CCCCCCC(=O)OC(/C=C\CCCCCCCCCCC)C(COP(=O)(O)OCC[N+](C)(C)C)NC(=O)CCCCCCCCCCCCC/C=C\C/C=C\C/C=C\C/C=C\C/C=C\CC. The number of carbonyl (C=O) groups is 2. The summed E-state index contributed by atoms with van der Waals surface area (Å²) in [5.41, 5.74) is 0. The molecule has 10 heteroatoms. The van der Waals surface area contributed by atoms with Crippen LogP contribution in [0.5, 0.6) is 0 Å². The number of carbonyl (C=O) groups excluding carboxylic acids is 2. The Morgan fingerprint density at radius 2 is 0.736 bits per heavy atom. The first-order chi connectivity index (χ1) is 42.4. The number of amides is 1. The number of likely N-dealkylation sites (N-methyl/N-ethyl adjacent to an activating group) is 1. The fourth-order valence-electron chi connectivity index (χ4n) is 9.44. The predicted octanol–water partition coefficient (Wildman–Crippen LogP) is 22.6. The summed E-state index contributed by atoms with van der Waals surface area (Å²) in [5.74, 6) is -0.545. The van der Waals surface area contributed by atoms with Gasteiger partial charge in [0.2, 0.25) is 5.91 Å². The van der Waals surface area contributed by atoms with Crippen LogP contribution in [0.15, 0.2) is 146 Å². The second-order valence-electron chi connectivity index (χ2n) is 24.3. The van der Waals surface area contributed by atoms with Crippen LogP contribution in [0.4, 0.5) is 0 Å². The van der Waals surface area contributed by atoms with Crippen LogP contribution in [0.25, 0.3) is 0 Å². The van der Waals surface area contributed by atoms with Crippen molar-refractivity contribution in [2.75, 3.05) is 40.9 Å². The van der Waals surface area contributed by atoms with Gasteiger partial charge in [-0.2, -0.15) is 0 Å². The molecule has 2 N–H and O–H groups in total. The van der Waals surface area contributed by atoms with E-state index >= 15 is 0 Å². The van der Waals surface area contributed by atoms with E-state index < -0.39 is 20.0 Å². The normalized spacial score (nSPS) is 14.4. The van der Waals surface area contributed by atoms with Crippen LogP contribution in [0.1, 0.15) is 278 Å². The molecule has 3 unspecified atom stereocenters.